The number of nitrogens with one attached hydrogen (secondary N) is 1. The average Bonchev–Trinajstić information content (AvgIpc) is 2.28. The fourth-order valence-electron chi connectivity index (χ4n) is 1.21. The molecule has 0 amide bonds. The van der Waals surface area contributed by atoms with E-state index in [-0.39, 0.29) is 5.56 Å². The summed E-state index contributed by atoms with van der Waals surface area (Å²) in [7, 11) is 1.61. The molecule has 0 fully saturated rings. The predicted molar refractivity (Wildman–Crippen MR) is 68.4 cm³/mol. The first kappa shape index (κ1) is 12.8. The zero-order valence-corrected chi connectivity index (χ0v) is 10.7. The van der Waals surface area contributed by atoms with Crippen LogP contribution in [0.15, 0.2) is 15.5 Å². The van der Waals surface area contributed by atoms with Crippen molar-refractivity contribution in [3.63, 3.8) is 0 Å². The van der Waals surface area contributed by atoms with E-state index in [0.29, 0.717) is 4.47 Å². The van der Waals surface area contributed by atoms with Crippen LogP contribution in [0.3, 0.4) is 0 Å². The van der Waals surface area contributed by atoms with Crippen molar-refractivity contribution in [1.29, 1.82) is 0 Å². The van der Waals surface area contributed by atoms with Gasteiger partial charge in [-0.3, -0.25) is 4.79 Å². The van der Waals surface area contributed by atoms with Gasteiger partial charge in [0.1, 0.15) is 4.47 Å². The van der Waals surface area contributed by atoms with Crippen LogP contribution in [-0.2, 0) is 7.05 Å². The Labute approximate surface area is 103 Å². The topological polar surface area (TPSA) is 46.9 Å². The Hall–Kier alpha value is -1.28. The van der Waals surface area contributed by atoms with Crippen LogP contribution in [0.4, 0.5) is 5.69 Å². The van der Waals surface area contributed by atoms with Crippen LogP contribution in [0.5, 0.6) is 0 Å². The maximum absolute atomic E-state index is 11.5. The third-order valence-corrected chi connectivity index (χ3v) is 2.91. The lowest BCUT2D eigenvalue weighted by Crippen LogP contribution is -2.21. The fraction of sp³-hybridized carbons (Fsp3) is 0.455. The molecular formula is C11H14BrN3O. The van der Waals surface area contributed by atoms with Gasteiger partial charge in [0.2, 0.25) is 0 Å². The number of aryl methyl sites for hydroxylation is 1. The second-order valence-electron chi connectivity index (χ2n) is 3.39. The average molecular weight is 284 g/mol. The summed E-state index contributed by atoms with van der Waals surface area (Å²) in [5.74, 6) is 2.59. The summed E-state index contributed by atoms with van der Waals surface area (Å²) >= 11 is 3.25. The molecule has 0 spiro atoms. The molecule has 5 heteroatoms. The molecule has 0 aliphatic rings. The molecule has 0 radical (unpaired) electrons. The van der Waals surface area contributed by atoms with Gasteiger partial charge in [-0.05, 0) is 28.8 Å². The lowest BCUT2D eigenvalue weighted by atomic mass is 10.2. The Morgan fingerprint density at radius 1 is 1.62 bits per heavy atom. The van der Waals surface area contributed by atoms with Gasteiger partial charge in [0.25, 0.3) is 5.56 Å². The minimum atomic E-state index is -0.145. The van der Waals surface area contributed by atoms with E-state index in [9.17, 15) is 4.79 Å². The third-order valence-electron chi connectivity index (χ3n) is 2.14. The van der Waals surface area contributed by atoms with Crippen molar-refractivity contribution >= 4 is 21.6 Å². The van der Waals surface area contributed by atoms with Gasteiger partial charge in [0, 0.05) is 20.0 Å². The molecule has 0 bridgehead atoms. The highest BCUT2D eigenvalue weighted by atomic mass is 79.9. The van der Waals surface area contributed by atoms with E-state index in [1.165, 1.54) is 4.68 Å². The Bertz CT molecular complexity index is 448. The predicted octanol–water partition coefficient (Wildman–Crippen LogP) is 1.76. The van der Waals surface area contributed by atoms with E-state index < -0.39 is 0 Å². The molecule has 1 aromatic rings. The zero-order chi connectivity index (χ0) is 12.0. The molecule has 0 saturated heterocycles. The first-order valence-electron chi connectivity index (χ1n) is 5.06. The number of nitrogens with zero attached hydrogens (tertiary/aromatic N) is 2. The molecule has 1 aromatic heterocycles. The normalized spacial score (nSPS) is 9.81. The van der Waals surface area contributed by atoms with Gasteiger partial charge in [0.05, 0.1) is 11.9 Å². The molecule has 0 saturated carbocycles. The second kappa shape index (κ2) is 6.33. The van der Waals surface area contributed by atoms with Gasteiger partial charge in [-0.25, -0.2) is 4.68 Å². The summed E-state index contributed by atoms with van der Waals surface area (Å²) in [6, 6.07) is 0. The first-order valence-corrected chi connectivity index (χ1v) is 5.85. The van der Waals surface area contributed by atoms with Gasteiger partial charge < -0.3 is 5.32 Å². The summed E-state index contributed by atoms with van der Waals surface area (Å²) in [6.07, 6.45) is 9.53. The molecule has 1 rings (SSSR count). The summed E-state index contributed by atoms with van der Waals surface area (Å²) in [5, 5.41) is 7.08. The molecule has 86 valence electrons. The van der Waals surface area contributed by atoms with E-state index in [1.807, 2.05) is 0 Å². The quantitative estimate of drug-likeness (QED) is 0.662. The first-order chi connectivity index (χ1) is 7.66. The standard InChI is InChI=1S/C11H14BrN3O/c1-3-4-5-6-7-13-9-8-14-15(2)11(16)10(9)12/h1,8,13H,4-7H2,2H3. The molecule has 4 nitrogen and oxygen atoms in total. The second-order valence-corrected chi connectivity index (χ2v) is 4.18. The number of hydrogen-bond donors (Lipinski definition) is 1. The summed E-state index contributed by atoms with van der Waals surface area (Å²) < 4.78 is 1.80. The van der Waals surface area contributed by atoms with E-state index in [1.54, 1.807) is 13.2 Å². The molecule has 1 N–H and O–H groups in total. The van der Waals surface area contributed by atoms with Crippen LogP contribution in [0.25, 0.3) is 0 Å². The Morgan fingerprint density at radius 2 is 2.38 bits per heavy atom. The zero-order valence-electron chi connectivity index (χ0n) is 9.16. The molecule has 0 unspecified atom stereocenters. The monoisotopic (exact) mass is 283 g/mol. The smallest absolute Gasteiger partial charge is 0.282 e. The summed E-state index contributed by atoms with van der Waals surface area (Å²) in [4.78, 5) is 11.5. The minimum Gasteiger partial charge on any atom is -0.383 e. The molecular weight excluding hydrogens is 270 g/mol. The minimum absolute atomic E-state index is 0.145. The summed E-state index contributed by atoms with van der Waals surface area (Å²) in [6.45, 7) is 0.787. The molecule has 0 aliphatic heterocycles. The van der Waals surface area contributed by atoms with Crippen molar-refractivity contribution in [3.05, 3.63) is 21.0 Å². The van der Waals surface area contributed by atoms with Crippen LogP contribution >= 0.6 is 15.9 Å². The van der Waals surface area contributed by atoms with E-state index in [4.69, 9.17) is 6.42 Å². The van der Waals surface area contributed by atoms with Crippen LogP contribution < -0.4 is 10.9 Å². The number of unbranched alkanes of at least 4 members (excludes halogenated alkanes) is 2. The maximum atomic E-state index is 11.5. The van der Waals surface area contributed by atoms with Crippen molar-refractivity contribution in [1.82, 2.24) is 9.78 Å². The Kier molecular flexibility index (Phi) is 5.06. The van der Waals surface area contributed by atoms with Crippen LogP contribution in [0, 0.1) is 12.3 Å². The van der Waals surface area contributed by atoms with Crippen LogP contribution in [-0.4, -0.2) is 16.3 Å². The van der Waals surface area contributed by atoms with Gasteiger partial charge in [-0.15, -0.1) is 12.3 Å². The van der Waals surface area contributed by atoms with Crippen LogP contribution in [0.1, 0.15) is 19.3 Å². The van der Waals surface area contributed by atoms with Crippen molar-refractivity contribution in [3.8, 4) is 12.3 Å². The van der Waals surface area contributed by atoms with Crippen LogP contribution in [0.2, 0.25) is 0 Å². The van der Waals surface area contributed by atoms with Crippen molar-refractivity contribution in [2.24, 2.45) is 7.05 Å². The molecule has 0 atom stereocenters. The highest BCUT2D eigenvalue weighted by Gasteiger charge is 2.05. The largest absolute Gasteiger partial charge is 0.383 e. The Morgan fingerprint density at radius 3 is 3.06 bits per heavy atom. The Balaban J connectivity index is 2.53. The number of halogens is 1. The van der Waals surface area contributed by atoms with Crippen molar-refractivity contribution in [2.45, 2.75) is 19.3 Å². The molecule has 0 aliphatic carbocycles. The van der Waals surface area contributed by atoms with Crippen molar-refractivity contribution < 1.29 is 0 Å². The molecule has 0 aromatic carbocycles. The number of aromatic nitrogens is 2. The third kappa shape index (κ3) is 3.38. The van der Waals surface area contributed by atoms with Gasteiger partial charge in [-0.1, -0.05) is 0 Å². The van der Waals surface area contributed by atoms with Crippen molar-refractivity contribution in [2.75, 3.05) is 11.9 Å². The van der Waals surface area contributed by atoms with Gasteiger partial charge >= 0.3 is 0 Å². The SMILES string of the molecule is C#CCCCCNc1cnn(C)c(=O)c1Br. The fourth-order valence-corrected chi connectivity index (χ4v) is 1.71. The lowest BCUT2D eigenvalue weighted by molar-refractivity contribution is 0.702. The maximum Gasteiger partial charge on any atom is 0.282 e. The number of anilines is 1. The van der Waals surface area contributed by atoms with E-state index in [2.05, 4.69) is 32.3 Å². The molecule has 1 heterocycles. The summed E-state index contributed by atoms with van der Waals surface area (Å²) in [5.41, 5.74) is 0.581. The molecule has 16 heavy (non-hydrogen) atoms. The number of terminal acetylenes is 1. The van der Waals surface area contributed by atoms with E-state index >= 15 is 0 Å². The highest BCUT2D eigenvalue weighted by Crippen LogP contribution is 2.15. The highest BCUT2D eigenvalue weighted by molar-refractivity contribution is 9.10. The lowest BCUT2D eigenvalue weighted by Gasteiger charge is -2.07. The van der Waals surface area contributed by atoms with Gasteiger partial charge in [0.15, 0.2) is 0 Å². The van der Waals surface area contributed by atoms with E-state index in [0.717, 1.165) is 31.5 Å². The number of rotatable bonds is 5. The van der Waals surface area contributed by atoms with Gasteiger partial charge in [-0.2, -0.15) is 5.10 Å². The number of hydrogen-bond acceptors (Lipinski definition) is 3.